The molecule has 0 spiro atoms. The van der Waals surface area contributed by atoms with Crippen LogP contribution in [0, 0.1) is 6.92 Å². The molecule has 1 fully saturated rings. The number of aryl methyl sites for hydroxylation is 1. The minimum absolute atomic E-state index is 0.601. The standard InChI is InChI=1S/C17H20N2O/c1-13-15(17(20)14-7-3-2-4-8-14)9-10-16(18-13)19-11-5-6-12-19/h2-4,7-10,17,20H,5-6,11-12H2,1H3. The van der Waals surface area contributed by atoms with E-state index in [1.165, 1.54) is 12.8 Å². The summed E-state index contributed by atoms with van der Waals surface area (Å²) in [5.74, 6) is 1.03. The van der Waals surface area contributed by atoms with Crippen LogP contribution in [0.3, 0.4) is 0 Å². The summed E-state index contributed by atoms with van der Waals surface area (Å²) in [4.78, 5) is 6.98. The first-order chi connectivity index (χ1) is 9.75. The summed E-state index contributed by atoms with van der Waals surface area (Å²) >= 11 is 0. The summed E-state index contributed by atoms with van der Waals surface area (Å²) in [7, 11) is 0. The molecule has 0 aliphatic carbocycles. The molecule has 2 heterocycles. The highest BCUT2D eigenvalue weighted by Gasteiger charge is 2.17. The van der Waals surface area contributed by atoms with Gasteiger partial charge in [-0.1, -0.05) is 36.4 Å². The molecule has 0 radical (unpaired) electrons. The first-order valence-corrected chi connectivity index (χ1v) is 7.21. The van der Waals surface area contributed by atoms with Crippen LogP contribution in [0.2, 0.25) is 0 Å². The average Bonchev–Trinajstić information content (AvgIpc) is 3.01. The number of anilines is 1. The Morgan fingerprint density at radius 2 is 1.75 bits per heavy atom. The van der Waals surface area contributed by atoms with Crippen LogP contribution >= 0.6 is 0 Å². The van der Waals surface area contributed by atoms with Crippen molar-refractivity contribution in [2.75, 3.05) is 18.0 Å². The van der Waals surface area contributed by atoms with Gasteiger partial charge in [0.25, 0.3) is 0 Å². The Kier molecular flexibility index (Phi) is 3.70. The quantitative estimate of drug-likeness (QED) is 0.929. The fraction of sp³-hybridized carbons (Fsp3) is 0.353. The van der Waals surface area contributed by atoms with E-state index in [0.717, 1.165) is 35.7 Å². The third-order valence-electron chi connectivity index (χ3n) is 3.95. The minimum atomic E-state index is -0.601. The highest BCUT2D eigenvalue weighted by Crippen LogP contribution is 2.26. The van der Waals surface area contributed by atoms with Crippen molar-refractivity contribution in [3.05, 3.63) is 59.3 Å². The summed E-state index contributed by atoms with van der Waals surface area (Å²) in [5, 5.41) is 10.5. The van der Waals surface area contributed by atoms with Gasteiger partial charge in [-0.2, -0.15) is 0 Å². The predicted octanol–water partition coefficient (Wildman–Crippen LogP) is 3.07. The van der Waals surface area contributed by atoms with E-state index in [0.29, 0.717) is 0 Å². The fourth-order valence-electron chi connectivity index (χ4n) is 2.78. The first kappa shape index (κ1) is 13.1. The SMILES string of the molecule is Cc1nc(N2CCCC2)ccc1C(O)c1ccccc1. The van der Waals surface area contributed by atoms with E-state index in [4.69, 9.17) is 0 Å². The number of pyridine rings is 1. The van der Waals surface area contributed by atoms with E-state index in [9.17, 15) is 5.11 Å². The topological polar surface area (TPSA) is 36.4 Å². The number of hydrogen-bond acceptors (Lipinski definition) is 3. The van der Waals surface area contributed by atoms with Crippen LogP contribution in [-0.2, 0) is 0 Å². The molecule has 0 saturated carbocycles. The van der Waals surface area contributed by atoms with Crippen molar-refractivity contribution in [2.45, 2.75) is 25.9 Å². The molecular weight excluding hydrogens is 248 g/mol. The van der Waals surface area contributed by atoms with Gasteiger partial charge in [0.05, 0.1) is 0 Å². The van der Waals surface area contributed by atoms with Crippen LogP contribution in [0.25, 0.3) is 0 Å². The van der Waals surface area contributed by atoms with Gasteiger partial charge in [0.15, 0.2) is 0 Å². The van der Waals surface area contributed by atoms with Gasteiger partial charge in [0.1, 0.15) is 11.9 Å². The normalized spacial score (nSPS) is 16.4. The largest absolute Gasteiger partial charge is 0.384 e. The zero-order chi connectivity index (χ0) is 13.9. The van der Waals surface area contributed by atoms with E-state index in [-0.39, 0.29) is 0 Å². The van der Waals surface area contributed by atoms with Crippen molar-refractivity contribution in [1.82, 2.24) is 4.98 Å². The van der Waals surface area contributed by atoms with Gasteiger partial charge >= 0.3 is 0 Å². The molecule has 104 valence electrons. The number of benzene rings is 1. The maximum Gasteiger partial charge on any atom is 0.128 e. The summed E-state index contributed by atoms with van der Waals surface area (Å²) < 4.78 is 0. The molecule has 1 atom stereocenters. The molecule has 3 heteroatoms. The number of aromatic nitrogens is 1. The lowest BCUT2D eigenvalue weighted by Gasteiger charge is -2.19. The number of aliphatic hydroxyl groups excluding tert-OH is 1. The van der Waals surface area contributed by atoms with E-state index in [1.807, 2.05) is 49.4 Å². The molecule has 2 aromatic rings. The minimum Gasteiger partial charge on any atom is -0.384 e. The molecular formula is C17H20N2O. The van der Waals surface area contributed by atoms with Crippen molar-refractivity contribution in [1.29, 1.82) is 0 Å². The average molecular weight is 268 g/mol. The van der Waals surface area contributed by atoms with Gasteiger partial charge in [-0.15, -0.1) is 0 Å². The Labute approximate surface area is 119 Å². The maximum absolute atomic E-state index is 10.5. The van der Waals surface area contributed by atoms with Gasteiger partial charge < -0.3 is 10.0 Å². The lowest BCUT2D eigenvalue weighted by molar-refractivity contribution is 0.219. The lowest BCUT2D eigenvalue weighted by Crippen LogP contribution is -2.19. The second-order valence-electron chi connectivity index (χ2n) is 5.35. The molecule has 1 aromatic carbocycles. The van der Waals surface area contributed by atoms with Crippen LogP contribution in [0.15, 0.2) is 42.5 Å². The van der Waals surface area contributed by atoms with E-state index < -0.39 is 6.10 Å². The second-order valence-corrected chi connectivity index (χ2v) is 5.35. The summed E-state index contributed by atoms with van der Waals surface area (Å²) in [5.41, 5.74) is 2.70. The number of aliphatic hydroxyl groups is 1. The van der Waals surface area contributed by atoms with Gasteiger partial charge in [0, 0.05) is 24.3 Å². The molecule has 3 rings (SSSR count). The molecule has 1 aromatic heterocycles. The molecule has 3 nitrogen and oxygen atoms in total. The van der Waals surface area contributed by atoms with Crippen molar-refractivity contribution in [3.63, 3.8) is 0 Å². The molecule has 0 amide bonds. The number of hydrogen-bond donors (Lipinski definition) is 1. The first-order valence-electron chi connectivity index (χ1n) is 7.21. The fourth-order valence-corrected chi connectivity index (χ4v) is 2.78. The van der Waals surface area contributed by atoms with Crippen LogP contribution in [0.1, 0.15) is 35.8 Å². The Hall–Kier alpha value is -1.87. The number of rotatable bonds is 3. The van der Waals surface area contributed by atoms with Crippen molar-refractivity contribution in [2.24, 2.45) is 0 Å². The van der Waals surface area contributed by atoms with Crippen LogP contribution < -0.4 is 4.90 Å². The third-order valence-corrected chi connectivity index (χ3v) is 3.95. The van der Waals surface area contributed by atoms with Crippen molar-refractivity contribution < 1.29 is 5.11 Å². The van der Waals surface area contributed by atoms with E-state index >= 15 is 0 Å². The molecule has 20 heavy (non-hydrogen) atoms. The lowest BCUT2D eigenvalue weighted by atomic mass is 10.0. The molecule has 1 N–H and O–H groups in total. The van der Waals surface area contributed by atoms with Gasteiger partial charge in [-0.25, -0.2) is 4.98 Å². The Morgan fingerprint density at radius 1 is 1.05 bits per heavy atom. The van der Waals surface area contributed by atoms with Gasteiger partial charge in [0.2, 0.25) is 0 Å². The summed E-state index contributed by atoms with van der Waals surface area (Å²) in [6, 6.07) is 13.8. The van der Waals surface area contributed by atoms with E-state index in [1.54, 1.807) is 0 Å². The zero-order valence-electron chi connectivity index (χ0n) is 11.8. The Morgan fingerprint density at radius 3 is 2.40 bits per heavy atom. The molecule has 1 aliphatic heterocycles. The van der Waals surface area contributed by atoms with Crippen molar-refractivity contribution >= 4 is 5.82 Å². The second kappa shape index (κ2) is 5.63. The summed E-state index contributed by atoms with van der Waals surface area (Å²) in [6.45, 7) is 4.15. The highest BCUT2D eigenvalue weighted by molar-refractivity contribution is 5.44. The van der Waals surface area contributed by atoms with Gasteiger partial charge in [-0.05, 0) is 31.4 Å². The van der Waals surface area contributed by atoms with Crippen molar-refractivity contribution in [3.8, 4) is 0 Å². The maximum atomic E-state index is 10.5. The monoisotopic (exact) mass is 268 g/mol. The molecule has 1 saturated heterocycles. The highest BCUT2D eigenvalue weighted by atomic mass is 16.3. The molecule has 1 unspecified atom stereocenters. The smallest absolute Gasteiger partial charge is 0.128 e. The van der Waals surface area contributed by atoms with E-state index in [2.05, 4.69) is 9.88 Å². The van der Waals surface area contributed by atoms with Gasteiger partial charge in [-0.3, -0.25) is 0 Å². The molecule has 0 bridgehead atoms. The third kappa shape index (κ3) is 2.54. The summed E-state index contributed by atoms with van der Waals surface area (Å²) in [6.07, 6.45) is 1.89. The zero-order valence-corrected chi connectivity index (χ0v) is 11.8. The number of nitrogens with zero attached hydrogens (tertiary/aromatic N) is 2. The predicted molar refractivity (Wildman–Crippen MR) is 80.9 cm³/mol. The molecule has 1 aliphatic rings. The Balaban J connectivity index is 1.87. The Bertz CT molecular complexity index is 577. The van der Waals surface area contributed by atoms with Crippen LogP contribution in [-0.4, -0.2) is 23.2 Å². The van der Waals surface area contributed by atoms with Crippen LogP contribution in [0.5, 0.6) is 0 Å². The van der Waals surface area contributed by atoms with Crippen LogP contribution in [0.4, 0.5) is 5.82 Å².